The van der Waals surface area contributed by atoms with Gasteiger partial charge in [0.25, 0.3) is 0 Å². The number of alkyl carbamates (subject to hydrolysis) is 1. The van der Waals surface area contributed by atoms with Gasteiger partial charge in [-0.25, -0.2) is 4.79 Å². The largest absolute Gasteiger partial charge is 0.468 e. The van der Waals surface area contributed by atoms with Crippen LogP contribution in [-0.2, 0) is 52.5 Å². The summed E-state index contributed by atoms with van der Waals surface area (Å²) in [6.07, 6.45) is -1.49. The van der Waals surface area contributed by atoms with Gasteiger partial charge >= 0.3 is 24.0 Å². The molecule has 50 heavy (non-hydrogen) atoms. The minimum absolute atomic E-state index is 0.0955. The Morgan fingerprint density at radius 1 is 0.600 bits per heavy atom. The minimum Gasteiger partial charge on any atom is -0.468 e. The average molecular weight is 717 g/mol. The summed E-state index contributed by atoms with van der Waals surface area (Å²) in [5, 5.41) is 11.9. The van der Waals surface area contributed by atoms with Crippen LogP contribution in [0.5, 0.6) is 0 Å². The predicted octanol–water partition coefficient (Wildman–Crippen LogP) is -0.154. The second kappa shape index (κ2) is 20.3. The fourth-order valence-corrected chi connectivity index (χ4v) is 3.79. The standard InChI is InChI=1S/C32H56N6O12/c1-18(25(42)37-20(15-22(39)48-30(2,3)4)27(44)35-17-24(41)47-11)36-28(45)21(16-23(40)49-31(5,6)7)38-26(43)19(33)13-12-14-34-29(46)50-32(8,9)10/h18-21H,12-17,33H2,1-11H3,(H,34,46)(H,35,44)(H,36,45)(H,37,42)(H,38,43)/t18-,19+,20-,21+/m1/s1. The van der Waals surface area contributed by atoms with Crippen LogP contribution in [0.25, 0.3) is 0 Å². The van der Waals surface area contributed by atoms with Gasteiger partial charge in [-0.2, -0.15) is 0 Å². The Kier molecular flexibility index (Phi) is 18.4. The number of nitrogens with two attached hydrogens (primary N) is 1. The van der Waals surface area contributed by atoms with Crippen molar-refractivity contribution in [3.8, 4) is 0 Å². The molecule has 0 unspecified atom stereocenters. The lowest BCUT2D eigenvalue weighted by Crippen LogP contribution is -2.58. The van der Waals surface area contributed by atoms with Crippen molar-refractivity contribution < 1.29 is 57.3 Å². The smallest absolute Gasteiger partial charge is 0.407 e. The van der Waals surface area contributed by atoms with Gasteiger partial charge in [0.2, 0.25) is 23.6 Å². The quantitative estimate of drug-likeness (QED) is 0.0651. The van der Waals surface area contributed by atoms with Gasteiger partial charge in [0.05, 0.1) is 26.0 Å². The van der Waals surface area contributed by atoms with E-state index in [1.54, 1.807) is 62.3 Å². The average Bonchev–Trinajstić information content (AvgIpc) is 2.93. The normalized spacial score (nSPS) is 14.0. The molecule has 0 rings (SSSR count). The molecule has 0 aliphatic carbocycles. The van der Waals surface area contributed by atoms with E-state index in [0.717, 1.165) is 7.11 Å². The third-order valence-electron chi connectivity index (χ3n) is 5.93. The van der Waals surface area contributed by atoms with Crippen LogP contribution in [0, 0.1) is 0 Å². The van der Waals surface area contributed by atoms with Crippen LogP contribution < -0.4 is 32.3 Å². The summed E-state index contributed by atoms with van der Waals surface area (Å²) < 4.78 is 20.2. The second-order valence-corrected chi connectivity index (χ2v) is 14.4. The van der Waals surface area contributed by atoms with E-state index in [9.17, 15) is 38.4 Å². The maximum absolute atomic E-state index is 13.3. The molecule has 7 N–H and O–H groups in total. The Hall–Kier alpha value is -4.48. The van der Waals surface area contributed by atoms with E-state index < -0.39 is 108 Å². The molecule has 4 atom stereocenters. The van der Waals surface area contributed by atoms with E-state index in [0.29, 0.717) is 0 Å². The summed E-state index contributed by atoms with van der Waals surface area (Å²) in [7, 11) is 1.11. The topological polar surface area (TPSA) is 260 Å². The Bertz CT molecular complexity index is 1220. The molecule has 0 aliphatic heterocycles. The number of carbonyl (C=O) groups excluding carboxylic acids is 8. The molecular weight excluding hydrogens is 660 g/mol. The van der Waals surface area contributed by atoms with Crippen LogP contribution in [0.15, 0.2) is 0 Å². The van der Waals surface area contributed by atoms with E-state index in [2.05, 4.69) is 31.3 Å². The molecule has 0 aromatic carbocycles. The van der Waals surface area contributed by atoms with Gasteiger partial charge in [-0.3, -0.25) is 33.6 Å². The Morgan fingerprint density at radius 3 is 1.52 bits per heavy atom. The number of amides is 5. The molecule has 0 heterocycles. The first-order valence-electron chi connectivity index (χ1n) is 16.1. The molecule has 0 radical (unpaired) electrons. The summed E-state index contributed by atoms with van der Waals surface area (Å²) in [5.41, 5.74) is 3.50. The SMILES string of the molecule is COC(=O)CNC(=O)[C@@H](CC(=O)OC(C)(C)C)NC(=O)[C@@H](C)NC(=O)[C@H](CC(=O)OC(C)(C)C)NC(=O)[C@@H](N)CCCNC(=O)OC(C)(C)C. The number of hydrogen-bond acceptors (Lipinski definition) is 13. The van der Waals surface area contributed by atoms with Crippen LogP contribution in [0.3, 0.4) is 0 Å². The number of rotatable bonds is 17. The van der Waals surface area contributed by atoms with Crippen molar-refractivity contribution in [2.75, 3.05) is 20.2 Å². The van der Waals surface area contributed by atoms with E-state index in [1.807, 2.05) is 0 Å². The van der Waals surface area contributed by atoms with Gasteiger partial charge < -0.3 is 51.3 Å². The Labute approximate surface area is 293 Å². The van der Waals surface area contributed by atoms with Gasteiger partial charge in [-0.05, 0) is 82.1 Å². The molecule has 0 bridgehead atoms. The van der Waals surface area contributed by atoms with E-state index in [4.69, 9.17) is 19.9 Å². The molecule has 0 aromatic rings. The zero-order valence-electron chi connectivity index (χ0n) is 31.0. The zero-order valence-corrected chi connectivity index (χ0v) is 31.0. The van der Waals surface area contributed by atoms with E-state index >= 15 is 0 Å². The Morgan fingerprint density at radius 2 is 1.06 bits per heavy atom. The summed E-state index contributed by atoms with van der Waals surface area (Å²) in [4.78, 5) is 101. The predicted molar refractivity (Wildman–Crippen MR) is 179 cm³/mol. The van der Waals surface area contributed by atoms with Crippen LogP contribution >= 0.6 is 0 Å². The van der Waals surface area contributed by atoms with Crippen molar-refractivity contribution in [3.05, 3.63) is 0 Å². The van der Waals surface area contributed by atoms with Crippen molar-refractivity contribution in [1.82, 2.24) is 26.6 Å². The first kappa shape index (κ1) is 45.5. The monoisotopic (exact) mass is 716 g/mol. The van der Waals surface area contributed by atoms with Crippen LogP contribution in [-0.4, -0.2) is 109 Å². The number of ether oxygens (including phenoxy) is 4. The maximum Gasteiger partial charge on any atom is 0.407 e. The van der Waals surface area contributed by atoms with Crippen molar-refractivity contribution in [2.24, 2.45) is 5.73 Å². The third kappa shape index (κ3) is 21.5. The highest BCUT2D eigenvalue weighted by Crippen LogP contribution is 2.12. The van der Waals surface area contributed by atoms with Crippen LogP contribution in [0.4, 0.5) is 4.79 Å². The van der Waals surface area contributed by atoms with Crippen molar-refractivity contribution in [1.29, 1.82) is 0 Å². The maximum atomic E-state index is 13.3. The van der Waals surface area contributed by atoms with Crippen molar-refractivity contribution in [3.63, 3.8) is 0 Å². The molecule has 5 amide bonds. The molecular formula is C32H56N6O12. The fraction of sp³-hybridized carbons (Fsp3) is 0.750. The number of carbonyl (C=O) groups is 8. The fourth-order valence-electron chi connectivity index (χ4n) is 3.79. The highest BCUT2D eigenvalue weighted by Gasteiger charge is 2.33. The van der Waals surface area contributed by atoms with Gasteiger partial charge in [0.1, 0.15) is 41.5 Å². The first-order chi connectivity index (χ1) is 22.7. The lowest BCUT2D eigenvalue weighted by atomic mass is 10.1. The first-order valence-corrected chi connectivity index (χ1v) is 16.1. The highest BCUT2D eigenvalue weighted by molar-refractivity contribution is 5.97. The molecule has 0 aliphatic rings. The minimum atomic E-state index is -1.53. The Balaban J connectivity index is 5.69. The molecule has 0 saturated carbocycles. The molecule has 286 valence electrons. The van der Waals surface area contributed by atoms with Crippen LogP contribution in [0.2, 0.25) is 0 Å². The third-order valence-corrected chi connectivity index (χ3v) is 5.93. The molecule has 18 nitrogen and oxygen atoms in total. The number of esters is 3. The zero-order chi connectivity index (χ0) is 39.0. The molecule has 0 saturated heterocycles. The summed E-state index contributed by atoms with van der Waals surface area (Å²) in [5.74, 6) is -6.01. The van der Waals surface area contributed by atoms with E-state index in [1.165, 1.54) is 6.92 Å². The second-order valence-electron chi connectivity index (χ2n) is 14.4. The van der Waals surface area contributed by atoms with Gasteiger partial charge in [-0.15, -0.1) is 0 Å². The number of methoxy groups -OCH3 is 1. The number of nitrogens with one attached hydrogen (secondary N) is 5. The lowest BCUT2D eigenvalue weighted by molar-refractivity contribution is -0.157. The molecule has 0 spiro atoms. The van der Waals surface area contributed by atoms with Crippen LogP contribution in [0.1, 0.15) is 94.9 Å². The molecule has 0 aromatic heterocycles. The molecule has 0 fully saturated rings. The molecule has 18 heteroatoms. The van der Waals surface area contributed by atoms with Crippen molar-refractivity contribution in [2.45, 2.75) is 136 Å². The summed E-state index contributed by atoms with van der Waals surface area (Å²) >= 11 is 0. The lowest BCUT2D eigenvalue weighted by Gasteiger charge is -2.26. The van der Waals surface area contributed by atoms with Crippen molar-refractivity contribution >= 4 is 47.6 Å². The van der Waals surface area contributed by atoms with Gasteiger partial charge in [-0.1, -0.05) is 0 Å². The van der Waals surface area contributed by atoms with Gasteiger partial charge in [0, 0.05) is 6.54 Å². The summed E-state index contributed by atoms with van der Waals surface area (Å²) in [6, 6.07) is -5.54. The van der Waals surface area contributed by atoms with Gasteiger partial charge in [0.15, 0.2) is 0 Å². The number of hydrogen-bond donors (Lipinski definition) is 6. The van der Waals surface area contributed by atoms with E-state index in [-0.39, 0.29) is 19.4 Å². The highest BCUT2D eigenvalue weighted by atomic mass is 16.6. The summed E-state index contributed by atoms with van der Waals surface area (Å²) in [6.45, 7) is 15.7.